The van der Waals surface area contributed by atoms with E-state index >= 15 is 0 Å². The molecular formula is C17H18F5N5. The molecular weight excluding hydrogens is 369 g/mol. The van der Waals surface area contributed by atoms with E-state index in [9.17, 15) is 22.0 Å². The highest BCUT2D eigenvalue weighted by Crippen LogP contribution is 2.43. The van der Waals surface area contributed by atoms with Gasteiger partial charge in [0, 0.05) is 23.9 Å². The fraction of sp³-hybridized carbons (Fsp3) is 0.588. The topological polar surface area (TPSA) is 58.9 Å². The van der Waals surface area contributed by atoms with Crippen molar-refractivity contribution in [3.63, 3.8) is 0 Å². The summed E-state index contributed by atoms with van der Waals surface area (Å²) in [7, 11) is 0. The molecule has 10 heteroatoms. The van der Waals surface area contributed by atoms with E-state index in [0.717, 1.165) is 22.2 Å². The van der Waals surface area contributed by atoms with E-state index in [1.807, 2.05) is 6.07 Å². The van der Waals surface area contributed by atoms with E-state index in [1.54, 1.807) is 17.0 Å². The molecule has 5 nitrogen and oxygen atoms in total. The van der Waals surface area contributed by atoms with Crippen LogP contribution in [0, 0.1) is 5.92 Å². The molecule has 1 saturated carbocycles. The lowest BCUT2D eigenvalue weighted by Gasteiger charge is -2.29. The number of hydrogen-bond acceptors (Lipinski definition) is 3. The van der Waals surface area contributed by atoms with Crippen LogP contribution in [0.25, 0.3) is 16.6 Å². The van der Waals surface area contributed by atoms with Crippen LogP contribution in [0.15, 0.2) is 18.6 Å². The van der Waals surface area contributed by atoms with Crippen molar-refractivity contribution in [3.05, 3.63) is 24.3 Å². The van der Waals surface area contributed by atoms with E-state index in [2.05, 4.69) is 20.3 Å². The number of aromatic nitrogens is 5. The van der Waals surface area contributed by atoms with Crippen molar-refractivity contribution < 1.29 is 22.0 Å². The van der Waals surface area contributed by atoms with Gasteiger partial charge in [0.2, 0.25) is 0 Å². The standard InChI is InChI=1S/C17H18F5N5/c18-16(19,17(20,21)22)7-5-10-1-3-11(4-2-10)13-14-12-6-8-23-15(12)24-9-27(14)26-25-13/h6,8-11,23H,1-5,7H2. The molecule has 0 aromatic carbocycles. The molecule has 3 heterocycles. The SMILES string of the molecule is FC(F)(F)C(F)(F)CCC1CCC(c2nnn3cnc4[nH]ccc4c23)CC1. The quantitative estimate of drug-likeness (QED) is 0.651. The van der Waals surface area contributed by atoms with Crippen LogP contribution in [0.2, 0.25) is 0 Å². The van der Waals surface area contributed by atoms with Crippen LogP contribution in [0.1, 0.15) is 50.1 Å². The molecule has 0 saturated heterocycles. The predicted octanol–water partition coefficient (Wildman–Crippen LogP) is 4.86. The Kier molecular flexibility index (Phi) is 4.31. The van der Waals surface area contributed by atoms with E-state index in [0.29, 0.717) is 25.7 Å². The lowest BCUT2D eigenvalue weighted by molar-refractivity contribution is -0.285. The number of aromatic amines is 1. The van der Waals surface area contributed by atoms with Gasteiger partial charge in [0.25, 0.3) is 0 Å². The summed E-state index contributed by atoms with van der Waals surface area (Å²) in [4.78, 5) is 7.29. The smallest absolute Gasteiger partial charge is 0.346 e. The monoisotopic (exact) mass is 387 g/mol. The Bertz CT molecular complexity index is 936. The third-order valence-corrected chi connectivity index (χ3v) is 5.51. The second kappa shape index (κ2) is 6.42. The Hall–Kier alpha value is -2.26. The van der Waals surface area contributed by atoms with Crippen molar-refractivity contribution in [2.24, 2.45) is 5.92 Å². The number of hydrogen-bond donors (Lipinski definition) is 1. The van der Waals surface area contributed by atoms with Crippen LogP contribution in [-0.2, 0) is 0 Å². The van der Waals surface area contributed by atoms with Gasteiger partial charge in [0.05, 0.1) is 5.69 Å². The molecule has 1 N–H and O–H groups in total. The van der Waals surface area contributed by atoms with Crippen LogP contribution in [0.5, 0.6) is 0 Å². The minimum atomic E-state index is -5.47. The highest BCUT2D eigenvalue weighted by atomic mass is 19.4. The van der Waals surface area contributed by atoms with Crippen molar-refractivity contribution in [1.82, 2.24) is 24.8 Å². The van der Waals surface area contributed by atoms with Gasteiger partial charge in [-0.2, -0.15) is 22.0 Å². The Labute approximate surface area is 151 Å². The van der Waals surface area contributed by atoms with Gasteiger partial charge < -0.3 is 4.98 Å². The van der Waals surface area contributed by atoms with Crippen LogP contribution in [0.4, 0.5) is 22.0 Å². The first kappa shape index (κ1) is 18.1. The third-order valence-electron chi connectivity index (χ3n) is 5.51. The lowest BCUT2D eigenvalue weighted by atomic mass is 9.78. The fourth-order valence-electron chi connectivity index (χ4n) is 3.95. The van der Waals surface area contributed by atoms with Gasteiger partial charge in [-0.1, -0.05) is 5.21 Å². The number of halogens is 5. The van der Waals surface area contributed by atoms with Crippen molar-refractivity contribution in [2.75, 3.05) is 0 Å². The van der Waals surface area contributed by atoms with Gasteiger partial charge in [0.15, 0.2) is 0 Å². The summed E-state index contributed by atoms with van der Waals surface area (Å²) < 4.78 is 64.8. The van der Waals surface area contributed by atoms with E-state index in [-0.39, 0.29) is 18.3 Å². The van der Waals surface area contributed by atoms with E-state index in [1.165, 1.54) is 0 Å². The minimum absolute atomic E-state index is 0.113. The Balaban J connectivity index is 1.44. The molecule has 3 aromatic rings. The summed E-state index contributed by atoms with van der Waals surface area (Å²) in [5, 5.41) is 9.29. The van der Waals surface area contributed by atoms with E-state index in [4.69, 9.17) is 0 Å². The summed E-state index contributed by atoms with van der Waals surface area (Å²) >= 11 is 0. The molecule has 1 fully saturated rings. The number of rotatable bonds is 4. The maximum atomic E-state index is 13.1. The molecule has 0 unspecified atom stereocenters. The minimum Gasteiger partial charge on any atom is -0.346 e. The number of nitrogens with one attached hydrogen (secondary N) is 1. The largest absolute Gasteiger partial charge is 0.453 e. The summed E-state index contributed by atoms with van der Waals surface area (Å²) in [6, 6.07) is 1.90. The highest BCUT2D eigenvalue weighted by Gasteiger charge is 2.56. The summed E-state index contributed by atoms with van der Waals surface area (Å²) in [6.45, 7) is 0. The lowest BCUT2D eigenvalue weighted by Crippen LogP contribution is -2.36. The molecule has 27 heavy (non-hydrogen) atoms. The molecule has 1 aliphatic carbocycles. The van der Waals surface area contributed by atoms with Crippen LogP contribution in [-0.4, -0.2) is 36.9 Å². The summed E-state index contributed by atoms with van der Waals surface area (Å²) in [6.07, 6.45) is -0.750. The maximum absolute atomic E-state index is 13.1. The molecule has 0 bridgehead atoms. The normalized spacial score (nSPS) is 22.0. The van der Waals surface area contributed by atoms with Crippen LogP contribution in [0.3, 0.4) is 0 Å². The first-order valence-corrected chi connectivity index (χ1v) is 8.88. The predicted molar refractivity (Wildman–Crippen MR) is 87.6 cm³/mol. The molecule has 3 aromatic heterocycles. The number of nitrogens with zero attached hydrogens (tertiary/aromatic N) is 4. The zero-order chi connectivity index (χ0) is 19.2. The first-order valence-electron chi connectivity index (χ1n) is 8.88. The number of H-pyrrole nitrogens is 1. The number of alkyl halides is 5. The molecule has 0 atom stereocenters. The third kappa shape index (κ3) is 3.25. The second-order valence-electron chi connectivity index (χ2n) is 7.21. The Morgan fingerprint density at radius 1 is 1.11 bits per heavy atom. The van der Waals surface area contributed by atoms with Crippen LogP contribution < -0.4 is 0 Å². The Morgan fingerprint density at radius 2 is 1.85 bits per heavy atom. The Morgan fingerprint density at radius 3 is 2.56 bits per heavy atom. The van der Waals surface area contributed by atoms with Gasteiger partial charge in [-0.3, -0.25) is 0 Å². The van der Waals surface area contributed by atoms with Gasteiger partial charge in [0.1, 0.15) is 17.5 Å². The summed E-state index contributed by atoms with van der Waals surface area (Å²) in [5.74, 6) is -4.62. The van der Waals surface area contributed by atoms with Crippen molar-refractivity contribution in [2.45, 2.75) is 56.5 Å². The molecule has 4 rings (SSSR count). The zero-order valence-corrected chi connectivity index (χ0v) is 14.3. The van der Waals surface area contributed by atoms with Crippen molar-refractivity contribution in [1.29, 1.82) is 0 Å². The second-order valence-corrected chi connectivity index (χ2v) is 7.21. The highest BCUT2D eigenvalue weighted by molar-refractivity contribution is 5.92. The molecule has 0 aliphatic heterocycles. The fourth-order valence-corrected chi connectivity index (χ4v) is 3.95. The van der Waals surface area contributed by atoms with Crippen LogP contribution >= 0.6 is 0 Å². The van der Waals surface area contributed by atoms with Gasteiger partial charge in [-0.05, 0) is 44.1 Å². The molecule has 0 amide bonds. The number of fused-ring (bicyclic) bond motifs is 3. The molecule has 0 radical (unpaired) electrons. The van der Waals surface area contributed by atoms with Gasteiger partial charge in [-0.15, -0.1) is 5.10 Å². The first-order chi connectivity index (χ1) is 12.8. The maximum Gasteiger partial charge on any atom is 0.453 e. The van der Waals surface area contributed by atoms with E-state index < -0.39 is 18.5 Å². The van der Waals surface area contributed by atoms with Crippen molar-refractivity contribution in [3.8, 4) is 0 Å². The van der Waals surface area contributed by atoms with Gasteiger partial charge in [-0.25, -0.2) is 9.50 Å². The molecule has 0 spiro atoms. The molecule has 146 valence electrons. The zero-order valence-electron chi connectivity index (χ0n) is 14.3. The van der Waals surface area contributed by atoms with Crippen molar-refractivity contribution >= 4 is 16.6 Å². The summed E-state index contributed by atoms with van der Waals surface area (Å²) in [5.41, 5.74) is 2.43. The average Bonchev–Trinajstić information content (AvgIpc) is 3.25. The average molecular weight is 387 g/mol. The molecule has 1 aliphatic rings. The van der Waals surface area contributed by atoms with Gasteiger partial charge >= 0.3 is 12.1 Å².